The highest BCUT2D eigenvalue weighted by Gasteiger charge is 2.46. The lowest BCUT2D eigenvalue weighted by Crippen LogP contribution is -2.54. The number of carbonyl (C=O) groups excluding carboxylic acids is 4. The van der Waals surface area contributed by atoms with Crippen LogP contribution in [0.4, 0.5) is 28.8 Å². The highest BCUT2D eigenvalue weighted by atomic mass is 79.9. The number of halogens is 2. The zero-order valence-corrected chi connectivity index (χ0v) is 36.4. The van der Waals surface area contributed by atoms with E-state index in [2.05, 4.69) is 83.1 Å². The van der Waals surface area contributed by atoms with Gasteiger partial charge in [0.1, 0.15) is 16.8 Å². The molecule has 0 aliphatic carbocycles. The Balaban J connectivity index is 0.841. The van der Waals surface area contributed by atoms with Crippen LogP contribution in [0.5, 0.6) is 5.75 Å². The van der Waals surface area contributed by atoms with E-state index in [0.717, 1.165) is 79.6 Å². The number of nitrogens with zero attached hydrogens (tertiary/aromatic N) is 6. The summed E-state index contributed by atoms with van der Waals surface area (Å²) in [5, 5.41) is 10.6. The Kier molecular flexibility index (Phi) is 12.2. The molecule has 0 radical (unpaired) electrons. The highest BCUT2D eigenvalue weighted by Crippen LogP contribution is 2.37. The van der Waals surface area contributed by atoms with Crippen LogP contribution in [-0.4, -0.2) is 120 Å². The van der Waals surface area contributed by atoms with Crippen LogP contribution in [0.25, 0.3) is 0 Å². The third-order valence-corrected chi connectivity index (χ3v) is 14.1. The fourth-order valence-corrected chi connectivity index (χ4v) is 10.2. The van der Waals surface area contributed by atoms with Gasteiger partial charge < -0.3 is 20.3 Å². The molecular weight excluding hydrogens is 857 g/mol. The minimum atomic E-state index is -0.991. The molecule has 5 heterocycles. The first-order valence-corrected chi connectivity index (χ1v) is 23.1. The summed E-state index contributed by atoms with van der Waals surface area (Å²) in [6, 6.07) is 17.4. The molecule has 59 heavy (non-hydrogen) atoms. The van der Waals surface area contributed by atoms with Crippen LogP contribution in [0, 0.1) is 0 Å². The third-order valence-electron chi connectivity index (χ3n) is 11.6. The Hall–Kier alpha value is -4.66. The van der Waals surface area contributed by atoms with Crippen molar-refractivity contribution in [2.24, 2.45) is 0 Å². The zero-order chi connectivity index (χ0) is 41.4. The molecule has 4 aliphatic heterocycles. The van der Waals surface area contributed by atoms with Gasteiger partial charge in [0.25, 0.3) is 11.8 Å². The van der Waals surface area contributed by atoms with Crippen molar-refractivity contribution >= 4 is 93.2 Å². The number of aromatic nitrogens is 2. The number of methoxy groups -OCH3 is 1. The lowest BCUT2D eigenvalue weighted by Gasteiger charge is -2.43. The first-order valence-electron chi connectivity index (χ1n) is 19.7. The molecule has 1 aromatic heterocycles. The average molecular weight is 903 g/mol. The van der Waals surface area contributed by atoms with Crippen molar-refractivity contribution in [2.45, 2.75) is 44.3 Å². The van der Waals surface area contributed by atoms with Gasteiger partial charge in [0, 0.05) is 80.2 Å². The lowest BCUT2D eigenvalue weighted by atomic mass is 10.0. The number of hydrogen-bond acceptors (Lipinski definition) is 12. The first kappa shape index (κ1) is 41.1. The summed E-state index contributed by atoms with van der Waals surface area (Å²) in [5.41, 5.74) is 4.31. The number of anilines is 5. The summed E-state index contributed by atoms with van der Waals surface area (Å²) >= 11 is 10.1. The van der Waals surface area contributed by atoms with Crippen LogP contribution < -0.4 is 30.9 Å². The number of hydrogen-bond donors (Lipinski definition) is 3. The number of piperidine rings is 2. The summed E-state index contributed by atoms with van der Waals surface area (Å²) in [6.45, 7) is 10.6. The van der Waals surface area contributed by atoms with Gasteiger partial charge in [-0.25, -0.2) is 4.98 Å². The molecule has 1 atom stereocenters. The van der Waals surface area contributed by atoms with Crippen molar-refractivity contribution in [3.05, 3.63) is 87.0 Å². The van der Waals surface area contributed by atoms with Gasteiger partial charge in [-0.3, -0.25) is 39.2 Å². The van der Waals surface area contributed by atoms with Crippen LogP contribution in [0.2, 0.25) is 5.02 Å². The van der Waals surface area contributed by atoms with E-state index >= 15 is 0 Å². The second kappa shape index (κ2) is 17.5. The van der Waals surface area contributed by atoms with Crippen molar-refractivity contribution in [2.75, 3.05) is 75.2 Å². The van der Waals surface area contributed by atoms with Crippen molar-refractivity contribution in [1.29, 1.82) is 0 Å². The summed E-state index contributed by atoms with van der Waals surface area (Å²) < 4.78 is 6.41. The molecular formula is C42H46BrClN9O5P. The van der Waals surface area contributed by atoms with Crippen molar-refractivity contribution in [3.63, 3.8) is 0 Å². The molecule has 3 saturated heterocycles. The summed E-state index contributed by atoms with van der Waals surface area (Å²) in [4.78, 5) is 68.4. The fraction of sp³-hybridized carbons (Fsp3) is 0.381. The molecule has 17 heteroatoms. The van der Waals surface area contributed by atoms with Crippen molar-refractivity contribution < 1.29 is 23.9 Å². The Morgan fingerprint density at radius 3 is 2.41 bits per heavy atom. The van der Waals surface area contributed by atoms with E-state index in [4.69, 9.17) is 21.3 Å². The van der Waals surface area contributed by atoms with Crippen LogP contribution in [0.1, 0.15) is 52.0 Å². The average Bonchev–Trinajstić information content (AvgIpc) is 3.49. The van der Waals surface area contributed by atoms with Gasteiger partial charge in [0.05, 0.1) is 30.1 Å². The van der Waals surface area contributed by atoms with E-state index in [9.17, 15) is 19.2 Å². The van der Waals surface area contributed by atoms with E-state index in [1.807, 2.05) is 30.3 Å². The van der Waals surface area contributed by atoms with Crippen LogP contribution in [0.3, 0.4) is 0 Å². The third kappa shape index (κ3) is 8.54. The summed E-state index contributed by atoms with van der Waals surface area (Å²) in [7, 11) is 1.33. The molecule has 1 unspecified atom stereocenters. The van der Waals surface area contributed by atoms with Gasteiger partial charge in [-0.1, -0.05) is 43.8 Å². The molecule has 14 nitrogen and oxygen atoms in total. The van der Waals surface area contributed by atoms with Gasteiger partial charge in [-0.05, 0) is 83.7 Å². The number of imide groups is 2. The number of carbonyl (C=O) groups is 4. The van der Waals surface area contributed by atoms with E-state index in [1.54, 1.807) is 19.4 Å². The zero-order valence-electron chi connectivity index (χ0n) is 33.1. The molecule has 4 amide bonds. The normalized spacial score (nSPS) is 19.3. The SMILES string of the molecule is COc1cc(N2CCC(N3CCN(Cc4ccc5c(c4Br)C(=O)N(C4CCC(=O)NC4=O)C5=O)CC3)CC2)ccc1Nc1ncc(Cl)c(Nc2ccccc2P(C)C)n1. The van der Waals surface area contributed by atoms with Gasteiger partial charge in [-0.2, -0.15) is 4.98 Å². The summed E-state index contributed by atoms with van der Waals surface area (Å²) in [6.07, 6.45) is 3.90. The van der Waals surface area contributed by atoms with Crippen LogP contribution in [-0.2, 0) is 16.1 Å². The van der Waals surface area contributed by atoms with Crippen molar-refractivity contribution in [3.8, 4) is 5.75 Å². The number of piperazine rings is 1. The molecule has 0 saturated carbocycles. The molecule has 3 fully saturated rings. The van der Waals surface area contributed by atoms with E-state index in [1.165, 1.54) is 5.30 Å². The predicted octanol–water partition coefficient (Wildman–Crippen LogP) is 5.94. The molecule has 8 rings (SSSR count). The van der Waals surface area contributed by atoms with Crippen LogP contribution in [0.15, 0.2) is 65.3 Å². The first-order chi connectivity index (χ1) is 28.5. The maximum absolute atomic E-state index is 13.5. The highest BCUT2D eigenvalue weighted by molar-refractivity contribution is 9.10. The van der Waals surface area contributed by atoms with Crippen molar-refractivity contribution in [1.82, 2.24) is 30.0 Å². The number of amides is 4. The number of para-hydroxylation sites is 1. The molecule has 0 spiro atoms. The molecule has 4 aromatic rings. The summed E-state index contributed by atoms with van der Waals surface area (Å²) in [5.74, 6) is -0.395. The molecule has 3 aromatic carbocycles. The van der Waals surface area contributed by atoms with Crippen LogP contribution >= 0.6 is 35.5 Å². The molecule has 4 aliphatic rings. The smallest absolute Gasteiger partial charge is 0.263 e. The molecule has 0 bridgehead atoms. The Morgan fingerprint density at radius 2 is 1.68 bits per heavy atom. The van der Waals surface area contributed by atoms with Gasteiger partial charge in [-0.15, -0.1) is 0 Å². The monoisotopic (exact) mass is 901 g/mol. The lowest BCUT2D eigenvalue weighted by molar-refractivity contribution is -0.136. The topological polar surface area (TPSA) is 152 Å². The van der Waals surface area contributed by atoms with E-state index in [-0.39, 0.29) is 31.9 Å². The second-order valence-electron chi connectivity index (χ2n) is 15.4. The maximum Gasteiger partial charge on any atom is 0.263 e. The number of fused-ring (bicyclic) bond motifs is 1. The predicted molar refractivity (Wildman–Crippen MR) is 234 cm³/mol. The van der Waals surface area contributed by atoms with Gasteiger partial charge >= 0.3 is 0 Å². The number of ether oxygens (including phenoxy) is 1. The Bertz CT molecular complexity index is 2300. The second-order valence-corrected chi connectivity index (χ2v) is 18.8. The number of rotatable bonds is 11. The van der Waals surface area contributed by atoms with Gasteiger partial charge in [0.15, 0.2) is 5.82 Å². The standard InChI is InChI=1S/C42H46BrClN9O5P/c1-58-33-22-27(9-11-30(33)47-42-45-23-29(44)38(49-42)46-31-6-4-5-7-34(31)59(2)3)51-16-14-26(15-17-51)52-20-18-50(19-21-52)24-25-8-10-28-36(37(25)43)41(57)53(40(28)56)32-12-13-35(54)48-39(32)55/h4-11,22-23,26,32H,12-21,24H2,1-3H3,(H,48,54,55)(H2,45,46,47,49). The minimum absolute atomic E-state index is 0.0841. The Morgan fingerprint density at radius 1 is 0.915 bits per heavy atom. The fourth-order valence-electron chi connectivity index (χ4n) is 8.41. The largest absolute Gasteiger partial charge is 0.494 e. The Labute approximate surface area is 357 Å². The number of nitrogens with one attached hydrogen (secondary N) is 3. The quantitative estimate of drug-likeness (QED) is 0.121. The molecule has 308 valence electrons. The number of benzene rings is 3. The van der Waals surface area contributed by atoms with Gasteiger partial charge in [0.2, 0.25) is 17.8 Å². The molecule has 3 N–H and O–H groups in total. The minimum Gasteiger partial charge on any atom is -0.494 e. The maximum atomic E-state index is 13.5. The van der Waals surface area contributed by atoms with E-state index in [0.29, 0.717) is 39.6 Å². The van der Waals surface area contributed by atoms with E-state index < -0.39 is 29.7 Å².